The number of likely N-dealkylation sites (tertiary alicyclic amines) is 1. The molecule has 23 heavy (non-hydrogen) atoms. The Labute approximate surface area is 137 Å². The van der Waals surface area contributed by atoms with Crippen LogP contribution in [0.1, 0.15) is 39.9 Å². The predicted octanol–water partition coefficient (Wildman–Crippen LogP) is 1.66. The molecule has 7 heteroatoms. The van der Waals surface area contributed by atoms with E-state index in [4.69, 9.17) is 0 Å². The number of aryl methyl sites for hydroxylation is 1. The van der Waals surface area contributed by atoms with Gasteiger partial charge in [-0.05, 0) is 25.8 Å². The fourth-order valence-electron chi connectivity index (χ4n) is 2.91. The fourth-order valence-corrected chi connectivity index (χ4v) is 3.50. The Hall–Kier alpha value is -2.02. The van der Waals surface area contributed by atoms with Crippen LogP contribution in [0.2, 0.25) is 0 Å². The molecule has 2 fully saturated rings. The maximum Gasteiger partial charge on any atom is 0.273 e. The molecule has 2 aliphatic rings. The van der Waals surface area contributed by atoms with Crippen molar-refractivity contribution in [3.8, 4) is 0 Å². The molecule has 1 saturated heterocycles. The van der Waals surface area contributed by atoms with Crippen LogP contribution in [-0.2, 0) is 6.54 Å². The minimum absolute atomic E-state index is 0.0161. The number of hydrogen-bond donors (Lipinski definition) is 0. The van der Waals surface area contributed by atoms with Gasteiger partial charge in [-0.15, -0.1) is 11.3 Å². The molecule has 0 radical (unpaired) electrons. The molecular weight excluding hydrogens is 312 g/mol. The third kappa shape index (κ3) is 2.93. The first-order valence-corrected chi connectivity index (χ1v) is 8.77. The largest absolute Gasteiger partial charge is 0.336 e. The monoisotopic (exact) mass is 330 g/mol. The molecule has 0 bridgehead atoms. The van der Waals surface area contributed by atoms with Crippen LogP contribution in [0, 0.1) is 12.8 Å². The van der Waals surface area contributed by atoms with Crippen molar-refractivity contribution in [2.45, 2.75) is 32.2 Å². The number of hydrogen-bond acceptors (Lipinski definition) is 5. The number of nitrogens with zero attached hydrogens (tertiary/aromatic N) is 4. The van der Waals surface area contributed by atoms with Crippen molar-refractivity contribution in [1.82, 2.24) is 19.7 Å². The number of carbonyl (C=O) groups excluding carboxylic acids is 1. The first kappa shape index (κ1) is 14.6. The van der Waals surface area contributed by atoms with E-state index < -0.39 is 0 Å². The molecule has 1 amide bonds. The molecule has 0 atom stereocenters. The van der Waals surface area contributed by atoms with E-state index in [1.807, 2.05) is 13.0 Å². The minimum atomic E-state index is -0.0608. The van der Waals surface area contributed by atoms with Crippen LogP contribution in [-0.4, -0.2) is 38.7 Å². The van der Waals surface area contributed by atoms with Crippen LogP contribution in [0.25, 0.3) is 0 Å². The van der Waals surface area contributed by atoms with E-state index in [1.54, 1.807) is 21.0 Å². The van der Waals surface area contributed by atoms with Gasteiger partial charge in [-0.3, -0.25) is 9.59 Å². The van der Waals surface area contributed by atoms with Crippen molar-refractivity contribution >= 4 is 17.2 Å². The second-order valence-electron chi connectivity index (χ2n) is 6.38. The van der Waals surface area contributed by atoms with Crippen LogP contribution >= 0.6 is 11.3 Å². The molecule has 0 spiro atoms. The highest BCUT2D eigenvalue weighted by Crippen LogP contribution is 2.38. The summed E-state index contributed by atoms with van der Waals surface area (Å²) in [6, 6.07) is 3.46. The quantitative estimate of drug-likeness (QED) is 0.855. The second kappa shape index (κ2) is 5.56. The first-order valence-electron chi connectivity index (χ1n) is 7.89. The molecule has 1 saturated carbocycles. The number of carbonyl (C=O) groups is 1. The maximum absolute atomic E-state index is 12.2. The summed E-state index contributed by atoms with van der Waals surface area (Å²) in [7, 11) is 0. The molecule has 0 aromatic carbocycles. The van der Waals surface area contributed by atoms with Crippen molar-refractivity contribution in [1.29, 1.82) is 0 Å². The second-order valence-corrected chi connectivity index (χ2v) is 7.44. The van der Waals surface area contributed by atoms with Gasteiger partial charge in [0.15, 0.2) is 0 Å². The third-order valence-corrected chi connectivity index (χ3v) is 5.17. The van der Waals surface area contributed by atoms with Gasteiger partial charge in [-0.1, -0.05) is 0 Å². The fraction of sp³-hybridized carbons (Fsp3) is 0.500. The average Bonchev–Trinajstić information content (AvgIpc) is 3.25. The SMILES string of the molecule is Cc1nc(C(=O)N2CC(Cn3nc(C4CC4)ccc3=O)C2)cs1. The molecule has 6 nitrogen and oxygen atoms in total. The number of aromatic nitrogens is 3. The van der Waals surface area contributed by atoms with Gasteiger partial charge >= 0.3 is 0 Å². The Morgan fingerprint density at radius 3 is 2.78 bits per heavy atom. The molecule has 0 N–H and O–H groups in total. The van der Waals surface area contributed by atoms with Gasteiger partial charge in [0.1, 0.15) is 5.69 Å². The number of thiazole rings is 1. The summed E-state index contributed by atoms with van der Waals surface area (Å²) >= 11 is 1.49. The third-order valence-electron chi connectivity index (χ3n) is 4.40. The first-order chi connectivity index (χ1) is 11.1. The molecule has 1 aliphatic heterocycles. The van der Waals surface area contributed by atoms with Crippen LogP contribution in [0.5, 0.6) is 0 Å². The zero-order valence-electron chi connectivity index (χ0n) is 12.9. The van der Waals surface area contributed by atoms with Crippen molar-refractivity contribution in [3.63, 3.8) is 0 Å². The van der Waals surface area contributed by atoms with Crippen LogP contribution in [0.4, 0.5) is 0 Å². The maximum atomic E-state index is 12.2. The van der Waals surface area contributed by atoms with Crippen molar-refractivity contribution in [2.75, 3.05) is 13.1 Å². The van der Waals surface area contributed by atoms with Crippen LogP contribution < -0.4 is 5.56 Å². The number of rotatable bonds is 4. The van der Waals surface area contributed by atoms with E-state index in [9.17, 15) is 9.59 Å². The number of amides is 1. The smallest absolute Gasteiger partial charge is 0.273 e. The Kier molecular flexibility index (Phi) is 3.52. The van der Waals surface area contributed by atoms with Crippen molar-refractivity contribution in [2.24, 2.45) is 5.92 Å². The molecule has 0 unspecified atom stereocenters. The lowest BCUT2D eigenvalue weighted by molar-refractivity contribution is 0.0452. The van der Waals surface area contributed by atoms with Gasteiger partial charge in [0.2, 0.25) is 0 Å². The lowest BCUT2D eigenvalue weighted by Crippen LogP contribution is -2.52. The van der Waals surface area contributed by atoms with Gasteiger partial charge in [0, 0.05) is 36.4 Å². The zero-order chi connectivity index (χ0) is 16.0. The summed E-state index contributed by atoms with van der Waals surface area (Å²) in [5.74, 6) is 0.810. The topological polar surface area (TPSA) is 68.1 Å². The van der Waals surface area contributed by atoms with Crippen molar-refractivity contribution in [3.05, 3.63) is 44.3 Å². The van der Waals surface area contributed by atoms with E-state index in [1.165, 1.54) is 24.2 Å². The van der Waals surface area contributed by atoms with Gasteiger partial charge < -0.3 is 4.90 Å². The normalized spacial score (nSPS) is 18.0. The predicted molar refractivity (Wildman–Crippen MR) is 86.7 cm³/mol. The summed E-state index contributed by atoms with van der Waals surface area (Å²) < 4.78 is 1.56. The average molecular weight is 330 g/mol. The Bertz CT molecular complexity index is 802. The summed E-state index contributed by atoms with van der Waals surface area (Å²) in [5.41, 5.74) is 1.49. The minimum Gasteiger partial charge on any atom is -0.336 e. The van der Waals surface area contributed by atoms with Crippen molar-refractivity contribution < 1.29 is 4.79 Å². The van der Waals surface area contributed by atoms with Gasteiger partial charge in [-0.2, -0.15) is 5.10 Å². The molecule has 2 aromatic rings. The Morgan fingerprint density at radius 1 is 1.35 bits per heavy atom. The van der Waals surface area contributed by atoms with E-state index >= 15 is 0 Å². The van der Waals surface area contributed by atoms with Gasteiger partial charge in [-0.25, -0.2) is 9.67 Å². The molecule has 1 aliphatic carbocycles. The van der Waals surface area contributed by atoms with E-state index in [2.05, 4.69) is 10.1 Å². The highest BCUT2D eigenvalue weighted by atomic mass is 32.1. The van der Waals surface area contributed by atoms with E-state index in [-0.39, 0.29) is 11.5 Å². The van der Waals surface area contributed by atoms with Gasteiger partial charge in [0.25, 0.3) is 11.5 Å². The highest BCUT2D eigenvalue weighted by Gasteiger charge is 2.33. The lowest BCUT2D eigenvalue weighted by atomic mass is 10.00. The molecule has 3 heterocycles. The Balaban J connectivity index is 1.38. The standard InChI is InChI=1S/C16H18N4O2S/c1-10-17-14(9-23-10)16(22)19-6-11(7-19)8-20-15(21)5-4-13(18-20)12-2-3-12/h4-5,9,11-12H,2-3,6-8H2,1H3. The summed E-state index contributed by atoms with van der Waals surface area (Å²) in [6.45, 7) is 3.80. The molecule has 2 aromatic heterocycles. The lowest BCUT2D eigenvalue weighted by Gasteiger charge is -2.38. The molecule has 120 valence electrons. The van der Waals surface area contributed by atoms with Gasteiger partial charge in [0.05, 0.1) is 17.2 Å². The van der Waals surface area contributed by atoms with Crippen LogP contribution in [0.15, 0.2) is 22.3 Å². The summed E-state index contributed by atoms with van der Waals surface area (Å²) in [4.78, 5) is 30.2. The Morgan fingerprint density at radius 2 is 2.13 bits per heavy atom. The van der Waals surface area contributed by atoms with E-state index in [0.29, 0.717) is 37.2 Å². The summed E-state index contributed by atoms with van der Waals surface area (Å²) in [5, 5.41) is 7.18. The molecule has 4 rings (SSSR count). The van der Waals surface area contributed by atoms with E-state index in [0.717, 1.165) is 10.7 Å². The van der Waals surface area contributed by atoms with Crippen LogP contribution in [0.3, 0.4) is 0 Å². The molecular formula is C16H18N4O2S. The summed E-state index contributed by atoms with van der Waals surface area (Å²) in [6.07, 6.45) is 2.34. The zero-order valence-corrected chi connectivity index (χ0v) is 13.8. The highest BCUT2D eigenvalue weighted by molar-refractivity contribution is 7.09.